The molecule has 0 saturated carbocycles. The third-order valence-corrected chi connectivity index (χ3v) is 19.5. The summed E-state index contributed by atoms with van der Waals surface area (Å²) in [5, 5.41) is 0. The van der Waals surface area contributed by atoms with E-state index >= 15 is 0 Å². The van der Waals surface area contributed by atoms with Crippen LogP contribution in [0.25, 0.3) is 0 Å². The fraction of sp³-hybridized carbons (Fsp3) is 1.00. The summed E-state index contributed by atoms with van der Waals surface area (Å²) in [4.78, 5) is 5.07. The summed E-state index contributed by atoms with van der Waals surface area (Å²) in [6.45, 7) is 9.53. The molecule has 0 aromatic heterocycles. The molecule has 9 heavy (non-hydrogen) atoms. The van der Waals surface area contributed by atoms with Crippen molar-refractivity contribution in [1.82, 2.24) is 0 Å². The van der Waals surface area contributed by atoms with Gasteiger partial charge in [0.15, 0.2) is 0 Å². The van der Waals surface area contributed by atoms with E-state index in [4.69, 9.17) is 0 Å². The Labute approximate surface area is 63.9 Å². The van der Waals surface area contributed by atoms with Crippen molar-refractivity contribution in [2.45, 2.75) is 45.4 Å². The molecule has 0 saturated heterocycles. The first-order valence-electron chi connectivity index (χ1n) is 3.81. The summed E-state index contributed by atoms with van der Waals surface area (Å²) < 4.78 is 2.13. The topological polar surface area (TPSA) is 0 Å². The van der Waals surface area contributed by atoms with Gasteiger partial charge < -0.3 is 0 Å². The molecule has 0 aromatic rings. The van der Waals surface area contributed by atoms with Crippen LogP contribution in [0.1, 0.15) is 27.7 Å². The maximum atomic E-state index is 2.54. The molecule has 0 spiro atoms. The van der Waals surface area contributed by atoms with Crippen LogP contribution in [-0.2, 0) is 0 Å². The standard InChI is InChI=1S/C4H9.C2H5.2CH3.Sn/c1-4(2)3;1-2;;;/h1-3H3;1H2,2H3;2*1H3;. The second-order valence-corrected chi connectivity index (χ2v) is 21.5. The van der Waals surface area contributed by atoms with E-state index in [0.717, 1.165) is 0 Å². The summed E-state index contributed by atoms with van der Waals surface area (Å²) in [5.74, 6) is 0. The molecule has 0 amide bonds. The second-order valence-electron chi connectivity index (χ2n) is 4.49. The van der Waals surface area contributed by atoms with E-state index in [9.17, 15) is 0 Å². The maximum absolute atomic E-state index is 2.54. The van der Waals surface area contributed by atoms with Crippen molar-refractivity contribution in [2.75, 3.05) is 0 Å². The van der Waals surface area contributed by atoms with E-state index < -0.39 is 18.4 Å². The molecule has 0 unspecified atom stereocenters. The number of hydrogen-bond acceptors (Lipinski definition) is 0. The van der Waals surface area contributed by atoms with Crippen LogP contribution in [0, 0.1) is 0 Å². The molecular weight excluding hydrogens is 215 g/mol. The van der Waals surface area contributed by atoms with Crippen molar-refractivity contribution in [1.29, 1.82) is 0 Å². The quantitative estimate of drug-likeness (QED) is 0.610. The van der Waals surface area contributed by atoms with Gasteiger partial charge in [-0.15, -0.1) is 0 Å². The SMILES string of the molecule is C[CH2][Sn]([CH3])([CH3])[C](C)(C)C. The molecule has 0 bridgehead atoms. The molecule has 0 atom stereocenters. The predicted molar refractivity (Wildman–Crippen MR) is 47.7 cm³/mol. The minimum atomic E-state index is -1.57. The van der Waals surface area contributed by atoms with Crippen molar-refractivity contribution >= 4 is 18.4 Å². The zero-order valence-corrected chi connectivity index (χ0v) is 10.6. The van der Waals surface area contributed by atoms with Crippen molar-refractivity contribution in [3.8, 4) is 0 Å². The van der Waals surface area contributed by atoms with Gasteiger partial charge in [0, 0.05) is 0 Å². The third kappa shape index (κ3) is 2.48. The molecule has 0 aromatic carbocycles. The number of hydrogen-bond donors (Lipinski definition) is 0. The zero-order valence-electron chi connectivity index (χ0n) is 7.71. The van der Waals surface area contributed by atoms with Crippen LogP contribution in [-0.4, -0.2) is 18.4 Å². The van der Waals surface area contributed by atoms with Gasteiger partial charge in [-0.1, -0.05) is 0 Å². The fourth-order valence-corrected chi connectivity index (χ4v) is 3.56. The fourth-order valence-electron chi connectivity index (χ4n) is 0.530. The van der Waals surface area contributed by atoms with E-state index in [1.54, 1.807) is 0 Å². The normalized spacial score (nSPS) is 14.0. The monoisotopic (exact) mass is 236 g/mol. The van der Waals surface area contributed by atoms with Crippen molar-refractivity contribution in [3.63, 3.8) is 0 Å². The van der Waals surface area contributed by atoms with Gasteiger partial charge in [-0.2, -0.15) is 0 Å². The van der Waals surface area contributed by atoms with E-state index in [1.807, 2.05) is 0 Å². The molecule has 1 heteroatoms. The molecule has 0 radical (unpaired) electrons. The first-order valence-corrected chi connectivity index (χ1v) is 13.0. The molecule has 0 aliphatic rings. The van der Waals surface area contributed by atoms with Gasteiger partial charge >= 0.3 is 63.8 Å². The van der Waals surface area contributed by atoms with Gasteiger partial charge in [0.1, 0.15) is 0 Å². The van der Waals surface area contributed by atoms with Crippen molar-refractivity contribution < 1.29 is 0 Å². The van der Waals surface area contributed by atoms with E-state index in [1.165, 1.54) is 4.44 Å². The Morgan fingerprint density at radius 2 is 1.44 bits per heavy atom. The van der Waals surface area contributed by atoms with Crippen LogP contribution in [0.2, 0.25) is 17.7 Å². The molecule has 0 nitrogen and oxygen atoms in total. The zero-order chi connectivity index (χ0) is 7.71. The molecule has 0 heterocycles. The summed E-state index contributed by atoms with van der Waals surface area (Å²) in [5.41, 5.74) is 0. The van der Waals surface area contributed by atoms with Crippen LogP contribution in [0.3, 0.4) is 0 Å². The Morgan fingerprint density at radius 3 is 1.44 bits per heavy atom. The summed E-state index contributed by atoms with van der Waals surface area (Å²) >= 11 is -1.57. The molecule has 0 aliphatic heterocycles. The van der Waals surface area contributed by atoms with Gasteiger partial charge in [-0.05, 0) is 0 Å². The van der Waals surface area contributed by atoms with Gasteiger partial charge in [0.05, 0.1) is 0 Å². The van der Waals surface area contributed by atoms with Crippen LogP contribution < -0.4 is 0 Å². The average molecular weight is 235 g/mol. The Balaban J connectivity index is 4.14. The molecule has 0 rings (SSSR count). The summed E-state index contributed by atoms with van der Waals surface area (Å²) in [6, 6.07) is 0. The van der Waals surface area contributed by atoms with Gasteiger partial charge in [-0.25, -0.2) is 0 Å². The summed E-state index contributed by atoms with van der Waals surface area (Å²) in [7, 11) is 0. The van der Waals surface area contributed by atoms with Crippen LogP contribution in [0.15, 0.2) is 0 Å². The Bertz CT molecular complexity index is 87.2. The Kier molecular flexibility index (Phi) is 3.06. The summed E-state index contributed by atoms with van der Waals surface area (Å²) in [6.07, 6.45) is 0. The van der Waals surface area contributed by atoms with Gasteiger partial charge in [0.2, 0.25) is 0 Å². The molecule has 0 fully saturated rings. The second kappa shape index (κ2) is 2.81. The molecule has 0 N–H and O–H groups in total. The molecule has 0 aliphatic carbocycles. The Hall–Kier alpha value is 0.799. The average Bonchev–Trinajstić information content (AvgIpc) is 1.64. The van der Waals surface area contributed by atoms with Crippen molar-refractivity contribution in [2.24, 2.45) is 0 Å². The number of rotatable bonds is 1. The predicted octanol–water partition coefficient (Wildman–Crippen LogP) is 3.51. The first kappa shape index (κ1) is 9.80. The van der Waals surface area contributed by atoms with Gasteiger partial charge in [-0.3, -0.25) is 0 Å². The van der Waals surface area contributed by atoms with E-state index in [-0.39, 0.29) is 0 Å². The van der Waals surface area contributed by atoms with Crippen molar-refractivity contribution in [3.05, 3.63) is 0 Å². The Morgan fingerprint density at radius 1 is 1.11 bits per heavy atom. The molecule has 56 valence electrons. The third-order valence-electron chi connectivity index (χ3n) is 2.91. The minimum absolute atomic E-state index is 0.656. The van der Waals surface area contributed by atoms with Crippen LogP contribution in [0.4, 0.5) is 0 Å². The van der Waals surface area contributed by atoms with Crippen LogP contribution >= 0.6 is 0 Å². The van der Waals surface area contributed by atoms with E-state index in [0.29, 0.717) is 3.43 Å². The van der Waals surface area contributed by atoms with Gasteiger partial charge in [0.25, 0.3) is 0 Å². The van der Waals surface area contributed by atoms with Crippen LogP contribution in [0.5, 0.6) is 0 Å². The van der Waals surface area contributed by atoms with E-state index in [2.05, 4.69) is 37.6 Å². The molecular formula is C8H20Sn. The first-order chi connectivity index (χ1) is 3.81.